The van der Waals surface area contributed by atoms with Crippen molar-refractivity contribution >= 4 is 17.3 Å². The van der Waals surface area contributed by atoms with E-state index in [9.17, 15) is 14.4 Å². The number of hydrogen-bond acceptors (Lipinski definition) is 3. The first-order chi connectivity index (χ1) is 9.09. The van der Waals surface area contributed by atoms with Crippen LogP contribution in [0.25, 0.3) is 0 Å². The van der Waals surface area contributed by atoms with Gasteiger partial charge >= 0.3 is 0 Å². The molecule has 19 heavy (non-hydrogen) atoms. The van der Waals surface area contributed by atoms with E-state index in [-0.39, 0.29) is 11.3 Å². The van der Waals surface area contributed by atoms with Crippen LogP contribution in [0.3, 0.4) is 0 Å². The van der Waals surface area contributed by atoms with E-state index in [0.717, 1.165) is 0 Å². The average Bonchev–Trinajstić information content (AvgIpc) is 2.46. The second-order valence-corrected chi connectivity index (χ2v) is 4.16. The van der Waals surface area contributed by atoms with Crippen molar-refractivity contribution in [2.45, 2.75) is 6.92 Å². The predicted octanol–water partition coefficient (Wildman–Crippen LogP) is 2.95. The zero-order valence-corrected chi connectivity index (χ0v) is 10.4. The Bertz CT molecular complexity index is 642. The molecule has 0 fully saturated rings. The highest BCUT2D eigenvalue weighted by Gasteiger charge is 2.18. The molecule has 0 aromatic heterocycles. The number of benzene rings is 2. The molecule has 0 aliphatic heterocycles. The molecule has 2 aromatic rings. The van der Waals surface area contributed by atoms with Crippen molar-refractivity contribution in [3.8, 4) is 0 Å². The minimum atomic E-state index is -0.602. The second-order valence-electron chi connectivity index (χ2n) is 4.16. The third-order valence-electron chi connectivity index (χ3n) is 2.77. The fourth-order valence-electron chi connectivity index (χ4n) is 1.73. The molecule has 0 radical (unpaired) electrons. The minimum absolute atomic E-state index is 0.137. The molecule has 0 N–H and O–H groups in total. The van der Waals surface area contributed by atoms with Crippen molar-refractivity contribution in [3.05, 3.63) is 71.3 Å². The molecule has 0 aliphatic rings. The molecule has 0 heterocycles. The average molecular weight is 252 g/mol. The first-order valence-electron chi connectivity index (χ1n) is 5.84. The topological polar surface area (TPSA) is 51.2 Å². The summed E-state index contributed by atoms with van der Waals surface area (Å²) in [6.07, 6.45) is 0. The lowest BCUT2D eigenvalue weighted by Crippen LogP contribution is -2.14. The Morgan fingerprint density at radius 2 is 1.21 bits per heavy atom. The summed E-state index contributed by atoms with van der Waals surface area (Å²) < 4.78 is 0. The molecular formula is C16H12O3. The quantitative estimate of drug-likeness (QED) is 0.621. The van der Waals surface area contributed by atoms with E-state index >= 15 is 0 Å². The smallest absolute Gasteiger partial charge is 0.233 e. The summed E-state index contributed by atoms with van der Waals surface area (Å²) in [6.45, 7) is 1.42. The van der Waals surface area contributed by atoms with Gasteiger partial charge in [0.25, 0.3) is 0 Å². The summed E-state index contributed by atoms with van der Waals surface area (Å²) in [5.41, 5.74) is 1.01. The van der Waals surface area contributed by atoms with Gasteiger partial charge in [-0.05, 0) is 13.0 Å². The molecule has 94 valence electrons. The summed E-state index contributed by atoms with van der Waals surface area (Å²) in [4.78, 5) is 35.3. The van der Waals surface area contributed by atoms with Crippen molar-refractivity contribution < 1.29 is 14.4 Å². The van der Waals surface area contributed by atoms with Gasteiger partial charge in [-0.3, -0.25) is 14.4 Å². The van der Waals surface area contributed by atoms with Gasteiger partial charge in [-0.2, -0.15) is 0 Å². The Hall–Kier alpha value is -2.55. The molecule has 0 spiro atoms. The van der Waals surface area contributed by atoms with Gasteiger partial charge in [-0.25, -0.2) is 0 Å². The Morgan fingerprint density at radius 1 is 0.684 bits per heavy atom. The Labute approximate surface area is 110 Å². The van der Waals surface area contributed by atoms with Crippen LogP contribution >= 0.6 is 0 Å². The SMILES string of the molecule is CC(=O)c1cccc(C(=O)C(=O)c2ccccc2)c1. The largest absolute Gasteiger partial charge is 0.295 e. The number of carbonyl (C=O) groups is 3. The van der Waals surface area contributed by atoms with Crippen LogP contribution in [0.1, 0.15) is 38.0 Å². The molecule has 0 aliphatic carbocycles. The van der Waals surface area contributed by atoms with E-state index in [1.165, 1.54) is 19.1 Å². The number of hydrogen-bond donors (Lipinski definition) is 0. The number of ketones is 3. The highest BCUT2D eigenvalue weighted by molar-refractivity contribution is 6.49. The summed E-state index contributed by atoms with van der Waals surface area (Å²) in [6, 6.07) is 14.6. The maximum absolute atomic E-state index is 12.1. The van der Waals surface area contributed by atoms with Crippen molar-refractivity contribution in [2.24, 2.45) is 0 Å². The molecule has 0 bridgehead atoms. The van der Waals surface area contributed by atoms with Crippen LogP contribution in [0.5, 0.6) is 0 Å². The molecule has 3 heteroatoms. The van der Waals surface area contributed by atoms with Crippen LogP contribution in [0.4, 0.5) is 0 Å². The predicted molar refractivity (Wildman–Crippen MR) is 71.5 cm³/mol. The van der Waals surface area contributed by atoms with Gasteiger partial charge in [0.2, 0.25) is 11.6 Å². The first kappa shape index (κ1) is 12.9. The van der Waals surface area contributed by atoms with E-state index in [1.807, 2.05) is 0 Å². The zero-order chi connectivity index (χ0) is 13.8. The maximum Gasteiger partial charge on any atom is 0.233 e. The van der Waals surface area contributed by atoms with Crippen LogP contribution in [0, 0.1) is 0 Å². The Balaban J connectivity index is 2.32. The first-order valence-corrected chi connectivity index (χ1v) is 5.84. The van der Waals surface area contributed by atoms with E-state index in [0.29, 0.717) is 11.1 Å². The van der Waals surface area contributed by atoms with Crippen molar-refractivity contribution in [3.63, 3.8) is 0 Å². The van der Waals surface area contributed by atoms with Crippen LogP contribution in [0.2, 0.25) is 0 Å². The molecule has 0 unspecified atom stereocenters. The highest BCUT2D eigenvalue weighted by atomic mass is 16.2. The molecule has 0 atom stereocenters. The summed E-state index contributed by atoms with van der Waals surface area (Å²) in [5.74, 6) is -1.31. The summed E-state index contributed by atoms with van der Waals surface area (Å²) in [7, 11) is 0. The molecule has 0 saturated carbocycles. The van der Waals surface area contributed by atoms with E-state index in [2.05, 4.69) is 0 Å². The van der Waals surface area contributed by atoms with Gasteiger partial charge in [0.1, 0.15) is 0 Å². The number of carbonyl (C=O) groups excluding carboxylic acids is 3. The summed E-state index contributed by atoms with van der Waals surface area (Å²) >= 11 is 0. The monoisotopic (exact) mass is 252 g/mol. The van der Waals surface area contributed by atoms with Crippen molar-refractivity contribution in [1.29, 1.82) is 0 Å². The van der Waals surface area contributed by atoms with Gasteiger partial charge in [0, 0.05) is 16.7 Å². The van der Waals surface area contributed by atoms with Crippen LogP contribution < -0.4 is 0 Å². The van der Waals surface area contributed by atoms with Crippen LogP contribution in [-0.2, 0) is 0 Å². The molecule has 3 nitrogen and oxygen atoms in total. The second kappa shape index (κ2) is 5.40. The fourth-order valence-corrected chi connectivity index (χ4v) is 1.73. The van der Waals surface area contributed by atoms with E-state index in [1.54, 1.807) is 42.5 Å². The molecular weight excluding hydrogens is 240 g/mol. The Kier molecular flexibility index (Phi) is 3.66. The van der Waals surface area contributed by atoms with Crippen molar-refractivity contribution in [2.75, 3.05) is 0 Å². The molecule has 2 rings (SSSR count). The van der Waals surface area contributed by atoms with Gasteiger partial charge in [-0.1, -0.05) is 48.5 Å². The third-order valence-corrected chi connectivity index (χ3v) is 2.77. The van der Waals surface area contributed by atoms with Gasteiger partial charge in [0.05, 0.1) is 0 Å². The van der Waals surface area contributed by atoms with E-state index < -0.39 is 11.6 Å². The lowest BCUT2D eigenvalue weighted by molar-refractivity contribution is 0.0817. The highest BCUT2D eigenvalue weighted by Crippen LogP contribution is 2.10. The summed E-state index contributed by atoms with van der Waals surface area (Å²) in [5, 5.41) is 0. The van der Waals surface area contributed by atoms with Crippen LogP contribution in [-0.4, -0.2) is 17.3 Å². The standard InChI is InChI=1S/C16H12O3/c1-11(17)13-8-5-9-14(10-13)16(19)15(18)12-6-3-2-4-7-12/h2-10H,1H3. The maximum atomic E-state index is 12.1. The zero-order valence-electron chi connectivity index (χ0n) is 10.4. The van der Waals surface area contributed by atoms with Crippen molar-refractivity contribution in [1.82, 2.24) is 0 Å². The fraction of sp³-hybridized carbons (Fsp3) is 0.0625. The number of rotatable bonds is 4. The van der Waals surface area contributed by atoms with Crippen LogP contribution in [0.15, 0.2) is 54.6 Å². The minimum Gasteiger partial charge on any atom is -0.295 e. The lowest BCUT2D eigenvalue weighted by atomic mass is 9.99. The molecule has 2 aromatic carbocycles. The molecule has 0 amide bonds. The lowest BCUT2D eigenvalue weighted by Gasteiger charge is -2.02. The molecule has 0 saturated heterocycles. The number of Topliss-reactive ketones (excluding diaryl/α,β-unsaturated/α-hetero) is 3. The van der Waals surface area contributed by atoms with Gasteiger partial charge in [0.15, 0.2) is 5.78 Å². The van der Waals surface area contributed by atoms with E-state index in [4.69, 9.17) is 0 Å². The normalized spacial score (nSPS) is 9.95. The third kappa shape index (κ3) is 2.83. The van der Waals surface area contributed by atoms with Gasteiger partial charge < -0.3 is 0 Å². The Morgan fingerprint density at radius 3 is 1.84 bits per heavy atom. The van der Waals surface area contributed by atoms with Gasteiger partial charge in [-0.15, -0.1) is 0 Å².